The maximum Gasteiger partial charge on any atom is 0.0890 e. The quantitative estimate of drug-likeness (QED) is 0.571. The Hall–Kier alpha value is -1.88. The number of benzene rings is 1. The molecule has 0 bridgehead atoms. The first-order chi connectivity index (χ1) is 7.90. The van der Waals surface area contributed by atoms with Gasteiger partial charge in [0.25, 0.3) is 0 Å². The van der Waals surface area contributed by atoms with Gasteiger partial charge < -0.3 is 0 Å². The van der Waals surface area contributed by atoms with Gasteiger partial charge in [0.15, 0.2) is 0 Å². The fraction of sp³-hybridized carbons (Fsp3) is 0.286. The Labute approximate surface area is 95.7 Å². The van der Waals surface area contributed by atoms with Crippen molar-refractivity contribution in [3.05, 3.63) is 42.6 Å². The van der Waals surface area contributed by atoms with Gasteiger partial charge in [0.2, 0.25) is 0 Å². The third-order valence-electron chi connectivity index (χ3n) is 2.48. The van der Waals surface area contributed by atoms with E-state index in [0.717, 1.165) is 42.4 Å². The minimum atomic E-state index is 0.737. The molecule has 79 valence electrons. The van der Waals surface area contributed by atoms with Crippen molar-refractivity contribution in [1.82, 2.24) is 9.97 Å². The lowest BCUT2D eigenvalue weighted by molar-refractivity contribution is 0.742. The molecule has 16 heavy (non-hydrogen) atoms. The number of rotatable bonds is 4. The highest BCUT2D eigenvalue weighted by Gasteiger charge is 1.98. The van der Waals surface area contributed by atoms with Gasteiger partial charge in [0.05, 0.1) is 16.7 Å². The van der Waals surface area contributed by atoms with Crippen LogP contribution in [-0.4, -0.2) is 9.97 Å². The Morgan fingerprint density at radius 3 is 2.75 bits per heavy atom. The molecule has 1 radical (unpaired) electrons. The topological polar surface area (TPSA) is 25.8 Å². The molecule has 1 aromatic carbocycles. The van der Waals surface area contributed by atoms with E-state index in [1.54, 1.807) is 0 Å². The molecule has 1 aromatic heterocycles. The number of unbranched alkanes of at least 4 members (excludes halogenated alkanes) is 2. The first-order valence-electron chi connectivity index (χ1n) is 5.50. The molecule has 0 unspecified atom stereocenters. The third kappa shape index (κ3) is 2.58. The molecular formula is C14H13N2. The van der Waals surface area contributed by atoms with Crippen molar-refractivity contribution in [3.63, 3.8) is 0 Å². The van der Waals surface area contributed by atoms with E-state index in [1.807, 2.05) is 30.5 Å². The summed E-state index contributed by atoms with van der Waals surface area (Å²) >= 11 is 0. The van der Waals surface area contributed by atoms with E-state index in [4.69, 9.17) is 6.42 Å². The minimum absolute atomic E-state index is 0.737. The van der Waals surface area contributed by atoms with Crippen LogP contribution in [0.3, 0.4) is 0 Å². The standard InChI is InChI=1S/C14H13N2/c1-2-3-4-5-8-12-11-15-13-9-6-7-10-14(13)16-12/h6-7,9-11H,3-5,8H2. The van der Waals surface area contributed by atoms with E-state index in [0.29, 0.717) is 0 Å². The van der Waals surface area contributed by atoms with Gasteiger partial charge >= 0.3 is 0 Å². The lowest BCUT2D eigenvalue weighted by Gasteiger charge is -2.01. The van der Waals surface area contributed by atoms with E-state index in [9.17, 15) is 0 Å². The molecule has 0 saturated carbocycles. The van der Waals surface area contributed by atoms with E-state index >= 15 is 0 Å². The molecule has 0 aliphatic carbocycles. The van der Waals surface area contributed by atoms with Crippen LogP contribution in [0.15, 0.2) is 30.5 Å². The molecule has 0 N–H and O–H groups in total. The molecule has 0 aliphatic heterocycles. The number of fused-ring (bicyclic) bond motifs is 1. The van der Waals surface area contributed by atoms with Gasteiger partial charge in [-0.05, 0) is 37.8 Å². The predicted molar refractivity (Wildman–Crippen MR) is 64.2 cm³/mol. The van der Waals surface area contributed by atoms with Gasteiger partial charge in [-0.2, -0.15) is 0 Å². The normalized spacial score (nSPS) is 10.2. The smallest absolute Gasteiger partial charge is 0.0890 e. The average Bonchev–Trinajstić information content (AvgIpc) is 2.34. The maximum absolute atomic E-state index is 6.82. The number of hydrogen-bond donors (Lipinski definition) is 0. The van der Waals surface area contributed by atoms with Crippen LogP contribution in [0.25, 0.3) is 11.0 Å². The number of aryl methyl sites for hydroxylation is 1. The maximum atomic E-state index is 6.82. The zero-order chi connectivity index (χ0) is 11.2. The molecule has 2 aromatic rings. The molecule has 0 atom stereocenters. The van der Waals surface area contributed by atoms with Crippen LogP contribution >= 0.6 is 0 Å². The van der Waals surface area contributed by atoms with Crippen molar-refractivity contribution in [2.45, 2.75) is 25.7 Å². The van der Waals surface area contributed by atoms with Crippen LogP contribution < -0.4 is 0 Å². The summed E-state index contributed by atoms with van der Waals surface area (Å²) in [6.07, 6.45) is 12.4. The van der Waals surface area contributed by atoms with Gasteiger partial charge in [0, 0.05) is 12.6 Å². The van der Waals surface area contributed by atoms with Crippen LogP contribution in [0.5, 0.6) is 0 Å². The summed E-state index contributed by atoms with van der Waals surface area (Å²) in [7, 11) is 0. The van der Waals surface area contributed by atoms with Gasteiger partial charge in [-0.3, -0.25) is 4.98 Å². The molecule has 2 rings (SSSR count). The Bertz CT molecular complexity index is 511. The number of para-hydroxylation sites is 2. The van der Waals surface area contributed by atoms with Crippen molar-refractivity contribution < 1.29 is 0 Å². The van der Waals surface area contributed by atoms with Crippen molar-refractivity contribution in [1.29, 1.82) is 0 Å². The molecule has 0 amide bonds. The second-order valence-corrected chi connectivity index (χ2v) is 3.73. The van der Waals surface area contributed by atoms with Crippen molar-refractivity contribution in [3.8, 4) is 5.92 Å². The first-order valence-corrected chi connectivity index (χ1v) is 5.50. The summed E-state index contributed by atoms with van der Waals surface area (Å²) in [6, 6.07) is 7.90. The SMILES string of the molecule is [C]#CCCCCc1cnc2ccccc2n1. The van der Waals surface area contributed by atoms with Crippen LogP contribution in [0, 0.1) is 12.3 Å². The van der Waals surface area contributed by atoms with Crippen molar-refractivity contribution >= 4 is 11.0 Å². The molecular weight excluding hydrogens is 196 g/mol. The Morgan fingerprint density at radius 2 is 1.94 bits per heavy atom. The summed E-state index contributed by atoms with van der Waals surface area (Å²) in [5.41, 5.74) is 2.93. The van der Waals surface area contributed by atoms with E-state index in [-0.39, 0.29) is 0 Å². The number of aromatic nitrogens is 2. The second-order valence-electron chi connectivity index (χ2n) is 3.73. The van der Waals surface area contributed by atoms with Crippen LogP contribution in [0.2, 0.25) is 0 Å². The fourth-order valence-electron chi connectivity index (χ4n) is 1.64. The number of nitrogens with zero attached hydrogens (tertiary/aromatic N) is 2. The highest BCUT2D eigenvalue weighted by molar-refractivity contribution is 5.73. The lowest BCUT2D eigenvalue weighted by Crippen LogP contribution is -1.93. The molecule has 1 heterocycles. The molecule has 0 saturated heterocycles. The van der Waals surface area contributed by atoms with E-state index in [2.05, 4.69) is 15.9 Å². The van der Waals surface area contributed by atoms with Gasteiger partial charge in [0.1, 0.15) is 0 Å². The fourth-order valence-corrected chi connectivity index (χ4v) is 1.64. The largest absolute Gasteiger partial charge is 0.253 e. The predicted octanol–water partition coefficient (Wildman–Crippen LogP) is 2.93. The van der Waals surface area contributed by atoms with Gasteiger partial charge in [-0.25, -0.2) is 4.98 Å². The summed E-state index contributed by atoms with van der Waals surface area (Å²) in [5, 5.41) is 0. The van der Waals surface area contributed by atoms with Crippen molar-refractivity contribution in [2.75, 3.05) is 0 Å². The van der Waals surface area contributed by atoms with Crippen LogP contribution in [0.4, 0.5) is 0 Å². The van der Waals surface area contributed by atoms with Crippen LogP contribution in [0.1, 0.15) is 25.0 Å². The van der Waals surface area contributed by atoms with E-state index in [1.165, 1.54) is 0 Å². The molecule has 0 fully saturated rings. The minimum Gasteiger partial charge on any atom is -0.253 e. The zero-order valence-electron chi connectivity index (χ0n) is 9.11. The zero-order valence-corrected chi connectivity index (χ0v) is 9.11. The number of hydrogen-bond acceptors (Lipinski definition) is 2. The average molecular weight is 209 g/mol. The highest BCUT2D eigenvalue weighted by atomic mass is 14.8. The summed E-state index contributed by atoms with van der Waals surface area (Å²) in [6.45, 7) is 0. The summed E-state index contributed by atoms with van der Waals surface area (Å²) < 4.78 is 0. The first kappa shape index (κ1) is 10.6. The van der Waals surface area contributed by atoms with Gasteiger partial charge in [-0.1, -0.05) is 18.1 Å². The second kappa shape index (κ2) is 5.27. The van der Waals surface area contributed by atoms with E-state index < -0.39 is 0 Å². The Morgan fingerprint density at radius 1 is 1.12 bits per heavy atom. The highest BCUT2D eigenvalue weighted by Crippen LogP contribution is 2.10. The molecule has 0 aliphatic rings. The summed E-state index contributed by atoms with van der Waals surface area (Å²) in [5.74, 6) is 2.40. The molecule has 2 heteroatoms. The van der Waals surface area contributed by atoms with Crippen LogP contribution in [-0.2, 0) is 6.42 Å². The van der Waals surface area contributed by atoms with Gasteiger partial charge in [-0.15, -0.1) is 0 Å². The monoisotopic (exact) mass is 209 g/mol. The third-order valence-corrected chi connectivity index (χ3v) is 2.48. The lowest BCUT2D eigenvalue weighted by atomic mass is 10.1. The Kier molecular flexibility index (Phi) is 3.50. The Balaban J connectivity index is 2.05. The molecule has 2 nitrogen and oxygen atoms in total. The van der Waals surface area contributed by atoms with Crippen molar-refractivity contribution in [2.24, 2.45) is 0 Å². The summed E-state index contributed by atoms with van der Waals surface area (Å²) in [4.78, 5) is 8.91. The molecule has 0 spiro atoms.